The standard InChI is InChI=1S/C28H33F3N8O4/c1-6-42-22(40)10-11-37(5)24-23-20(9-12-39(23)26(41)43-27(2,3)4)35-25(36-24)33-14-19-15-34-38(17-19)16-18-7-8-21(32-13-18)28(29,30)31/h7-9,12-13,15,17H,6,10-11,14,16H2,1-5H3,(H,33,35,36). The summed E-state index contributed by atoms with van der Waals surface area (Å²) in [6.45, 7) is 8.11. The lowest BCUT2D eigenvalue weighted by Crippen LogP contribution is -2.28. The molecule has 4 aromatic heterocycles. The molecule has 0 aromatic carbocycles. The van der Waals surface area contributed by atoms with E-state index in [0.29, 0.717) is 22.4 Å². The van der Waals surface area contributed by atoms with E-state index in [1.165, 1.54) is 16.8 Å². The Kier molecular flexibility index (Phi) is 9.21. The summed E-state index contributed by atoms with van der Waals surface area (Å²) in [6, 6.07) is 3.97. The zero-order chi connectivity index (χ0) is 31.4. The fourth-order valence-corrected chi connectivity index (χ4v) is 4.07. The molecule has 4 aromatic rings. The van der Waals surface area contributed by atoms with Crippen LogP contribution in [0.5, 0.6) is 0 Å². The Morgan fingerprint density at radius 3 is 2.49 bits per heavy atom. The summed E-state index contributed by atoms with van der Waals surface area (Å²) < 4.78 is 51.9. The highest BCUT2D eigenvalue weighted by Gasteiger charge is 2.32. The third-order valence-corrected chi connectivity index (χ3v) is 6.02. The maximum absolute atomic E-state index is 13.0. The number of alkyl halides is 3. The van der Waals surface area contributed by atoms with E-state index < -0.39 is 23.6 Å². The molecule has 0 spiro atoms. The van der Waals surface area contributed by atoms with Gasteiger partial charge in [-0.05, 0) is 45.4 Å². The maximum atomic E-state index is 13.0. The van der Waals surface area contributed by atoms with Crippen LogP contribution in [-0.4, -0.2) is 67.2 Å². The van der Waals surface area contributed by atoms with Crippen molar-refractivity contribution in [2.24, 2.45) is 0 Å². The fraction of sp³-hybridized carbons (Fsp3) is 0.429. The molecule has 43 heavy (non-hydrogen) atoms. The quantitative estimate of drug-likeness (QED) is 0.251. The van der Waals surface area contributed by atoms with Gasteiger partial charge >= 0.3 is 18.2 Å². The largest absolute Gasteiger partial charge is 0.466 e. The number of anilines is 2. The number of pyridine rings is 1. The second kappa shape index (κ2) is 12.7. The van der Waals surface area contributed by atoms with E-state index >= 15 is 0 Å². The van der Waals surface area contributed by atoms with Crippen molar-refractivity contribution in [3.05, 3.63) is 59.8 Å². The first-order valence-corrected chi connectivity index (χ1v) is 13.5. The third kappa shape index (κ3) is 8.20. The second-order valence-corrected chi connectivity index (χ2v) is 10.7. The molecular formula is C28H33F3N8O4. The van der Waals surface area contributed by atoms with E-state index in [-0.39, 0.29) is 44.6 Å². The summed E-state index contributed by atoms with van der Waals surface area (Å²) in [4.78, 5) is 39.4. The highest BCUT2D eigenvalue weighted by Crippen LogP contribution is 2.28. The van der Waals surface area contributed by atoms with Crippen molar-refractivity contribution in [1.82, 2.24) is 29.3 Å². The number of aromatic nitrogens is 6. The van der Waals surface area contributed by atoms with Gasteiger partial charge < -0.3 is 19.7 Å². The molecule has 0 radical (unpaired) electrons. The van der Waals surface area contributed by atoms with Gasteiger partial charge in [0.15, 0.2) is 5.82 Å². The van der Waals surface area contributed by atoms with Crippen LogP contribution in [0.2, 0.25) is 0 Å². The summed E-state index contributed by atoms with van der Waals surface area (Å²) >= 11 is 0. The zero-order valence-electron chi connectivity index (χ0n) is 24.5. The van der Waals surface area contributed by atoms with Gasteiger partial charge in [-0.1, -0.05) is 6.07 Å². The smallest absolute Gasteiger partial charge is 0.433 e. The van der Waals surface area contributed by atoms with E-state index in [1.807, 2.05) is 0 Å². The maximum Gasteiger partial charge on any atom is 0.433 e. The summed E-state index contributed by atoms with van der Waals surface area (Å²) in [7, 11) is 1.75. The van der Waals surface area contributed by atoms with Crippen LogP contribution in [-0.2, 0) is 33.5 Å². The lowest BCUT2D eigenvalue weighted by molar-refractivity contribution is -0.143. The van der Waals surface area contributed by atoms with Crippen LogP contribution in [0.25, 0.3) is 11.0 Å². The summed E-state index contributed by atoms with van der Waals surface area (Å²) in [6.07, 6.45) is 1.11. The third-order valence-electron chi connectivity index (χ3n) is 6.02. The number of nitrogens with one attached hydrogen (secondary N) is 1. The Morgan fingerprint density at radius 2 is 1.84 bits per heavy atom. The van der Waals surface area contributed by atoms with Gasteiger partial charge in [-0.25, -0.2) is 14.3 Å². The van der Waals surface area contributed by atoms with Crippen LogP contribution >= 0.6 is 0 Å². The van der Waals surface area contributed by atoms with E-state index in [2.05, 4.69) is 25.4 Å². The van der Waals surface area contributed by atoms with Crippen molar-refractivity contribution in [2.75, 3.05) is 30.4 Å². The number of hydrogen-bond acceptors (Lipinski definition) is 10. The molecule has 4 rings (SSSR count). The Labute approximate surface area is 245 Å². The predicted molar refractivity (Wildman–Crippen MR) is 152 cm³/mol. The zero-order valence-corrected chi connectivity index (χ0v) is 24.5. The van der Waals surface area contributed by atoms with Gasteiger partial charge in [0.2, 0.25) is 5.95 Å². The molecule has 0 saturated carbocycles. The average molecular weight is 603 g/mol. The van der Waals surface area contributed by atoms with Crippen LogP contribution in [0.1, 0.15) is 50.9 Å². The van der Waals surface area contributed by atoms with E-state index in [9.17, 15) is 22.8 Å². The van der Waals surface area contributed by atoms with Gasteiger partial charge in [-0.15, -0.1) is 0 Å². The molecule has 1 N–H and O–H groups in total. The summed E-state index contributed by atoms with van der Waals surface area (Å²) in [5, 5.41) is 7.43. The predicted octanol–water partition coefficient (Wildman–Crippen LogP) is 4.87. The van der Waals surface area contributed by atoms with Crippen LogP contribution in [0.4, 0.5) is 29.7 Å². The van der Waals surface area contributed by atoms with E-state index in [4.69, 9.17) is 9.47 Å². The van der Waals surface area contributed by atoms with Gasteiger partial charge in [0.1, 0.15) is 16.8 Å². The molecule has 0 unspecified atom stereocenters. The van der Waals surface area contributed by atoms with E-state index in [0.717, 1.165) is 11.6 Å². The second-order valence-electron chi connectivity index (χ2n) is 10.7. The number of ether oxygens (including phenoxy) is 2. The van der Waals surface area contributed by atoms with Crippen LogP contribution in [0, 0.1) is 0 Å². The van der Waals surface area contributed by atoms with Gasteiger partial charge in [0.05, 0.1) is 31.3 Å². The number of hydrogen-bond donors (Lipinski definition) is 1. The molecule has 0 amide bonds. The van der Waals surface area contributed by atoms with Gasteiger partial charge in [-0.3, -0.25) is 14.5 Å². The van der Waals surface area contributed by atoms with Crippen LogP contribution < -0.4 is 10.2 Å². The summed E-state index contributed by atoms with van der Waals surface area (Å²) in [5.74, 6) is 0.315. The molecule has 0 aliphatic heterocycles. The number of halogens is 3. The van der Waals surface area contributed by atoms with Crippen molar-refractivity contribution in [1.29, 1.82) is 0 Å². The monoisotopic (exact) mass is 602 g/mol. The van der Waals surface area contributed by atoms with Crippen LogP contribution in [0.3, 0.4) is 0 Å². The van der Waals surface area contributed by atoms with E-state index in [1.54, 1.807) is 69.0 Å². The van der Waals surface area contributed by atoms with Crippen molar-refractivity contribution < 1.29 is 32.2 Å². The molecule has 0 aliphatic rings. The highest BCUT2D eigenvalue weighted by molar-refractivity contribution is 5.95. The van der Waals surface area contributed by atoms with Crippen LogP contribution in [0.15, 0.2) is 43.0 Å². The first-order chi connectivity index (χ1) is 20.2. The Balaban J connectivity index is 1.53. The number of carbonyl (C=O) groups excluding carboxylic acids is 2. The van der Waals surface area contributed by atoms with Crippen molar-refractivity contribution in [3.63, 3.8) is 0 Å². The average Bonchev–Trinajstić information content (AvgIpc) is 3.56. The Morgan fingerprint density at radius 1 is 1.07 bits per heavy atom. The molecule has 230 valence electrons. The number of rotatable bonds is 10. The molecule has 0 aliphatic carbocycles. The minimum Gasteiger partial charge on any atom is -0.466 e. The molecule has 0 bridgehead atoms. The molecule has 4 heterocycles. The van der Waals surface area contributed by atoms with Gasteiger partial charge in [0, 0.05) is 44.3 Å². The minimum atomic E-state index is -4.50. The first-order valence-electron chi connectivity index (χ1n) is 13.5. The lowest BCUT2D eigenvalue weighted by atomic mass is 10.2. The van der Waals surface area contributed by atoms with Crippen molar-refractivity contribution >= 4 is 34.9 Å². The van der Waals surface area contributed by atoms with Gasteiger partial charge in [0.25, 0.3) is 0 Å². The molecule has 0 fully saturated rings. The summed E-state index contributed by atoms with van der Waals surface area (Å²) in [5.41, 5.74) is 0.558. The van der Waals surface area contributed by atoms with Crippen molar-refractivity contribution in [2.45, 2.75) is 59.0 Å². The SMILES string of the molecule is CCOC(=O)CCN(C)c1nc(NCc2cnn(Cc3ccc(C(F)(F)F)nc3)c2)nc2ccn(C(=O)OC(C)(C)C)c12. The van der Waals surface area contributed by atoms with Gasteiger partial charge in [-0.2, -0.15) is 23.3 Å². The molecular weight excluding hydrogens is 569 g/mol. The number of esters is 1. The molecule has 0 saturated heterocycles. The molecule has 0 atom stereocenters. The first kappa shape index (κ1) is 31.3. The fourth-order valence-electron chi connectivity index (χ4n) is 4.07. The Bertz CT molecular complexity index is 1580. The number of carbonyl (C=O) groups is 2. The van der Waals surface area contributed by atoms with Crippen molar-refractivity contribution in [3.8, 4) is 0 Å². The Hall–Kier alpha value is -4.69. The number of nitrogens with zero attached hydrogens (tertiary/aromatic N) is 7. The topological polar surface area (TPSA) is 129 Å². The normalized spacial score (nSPS) is 11.9. The number of fused-ring (bicyclic) bond motifs is 1. The molecule has 12 nitrogen and oxygen atoms in total. The lowest BCUT2D eigenvalue weighted by Gasteiger charge is -2.22. The molecule has 15 heteroatoms. The minimum absolute atomic E-state index is 0.110. The highest BCUT2D eigenvalue weighted by atomic mass is 19.4.